The molecule has 8 nitrogen and oxygen atoms in total. The molecule has 4 aromatic rings. The van der Waals surface area contributed by atoms with Crippen molar-refractivity contribution >= 4 is 39.0 Å². The predicted octanol–water partition coefficient (Wildman–Crippen LogP) is 3.79. The van der Waals surface area contributed by atoms with Crippen LogP contribution in [0.5, 0.6) is 0 Å². The maximum absolute atomic E-state index is 13.5. The lowest BCUT2D eigenvalue weighted by Crippen LogP contribution is -2.21. The third-order valence-electron chi connectivity index (χ3n) is 4.73. The number of hydrogen-bond acceptors (Lipinski definition) is 8. The molecule has 0 N–H and O–H groups in total. The topological polar surface area (TPSA) is 104 Å². The molecule has 0 atom stereocenters. The summed E-state index contributed by atoms with van der Waals surface area (Å²) in [4.78, 5) is 38.6. The maximum atomic E-state index is 13.5. The molecule has 0 saturated heterocycles. The van der Waals surface area contributed by atoms with E-state index in [4.69, 9.17) is 4.98 Å². The van der Waals surface area contributed by atoms with E-state index in [-0.39, 0.29) is 16.4 Å². The van der Waals surface area contributed by atoms with Crippen LogP contribution in [0.1, 0.15) is 16.9 Å². The molecule has 0 amide bonds. The van der Waals surface area contributed by atoms with Crippen molar-refractivity contribution in [2.24, 2.45) is 0 Å². The summed E-state index contributed by atoms with van der Waals surface area (Å²) >= 11 is 2.68. The van der Waals surface area contributed by atoms with Crippen molar-refractivity contribution in [2.45, 2.75) is 29.6 Å². The number of fused-ring (bicyclic) bond motifs is 3. The number of aryl methyl sites for hydroxylation is 2. The number of para-hydroxylation sites is 1. The van der Waals surface area contributed by atoms with Crippen LogP contribution in [0, 0.1) is 10.1 Å². The second-order valence-electron chi connectivity index (χ2n) is 6.49. The Hall–Kier alpha value is -3.11. The molecule has 0 fully saturated rings. The minimum absolute atomic E-state index is 0.106. The molecule has 0 bridgehead atoms. The lowest BCUT2D eigenvalue weighted by Gasteiger charge is -2.11. The van der Waals surface area contributed by atoms with Crippen molar-refractivity contribution in [3.8, 4) is 5.69 Å². The molecule has 1 aliphatic rings. The van der Waals surface area contributed by atoms with Gasteiger partial charge in [-0.05, 0) is 48.7 Å². The first-order valence-electron chi connectivity index (χ1n) is 8.89. The zero-order valence-corrected chi connectivity index (χ0v) is 16.6. The van der Waals surface area contributed by atoms with Crippen molar-refractivity contribution in [2.75, 3.05) is 0 Å². The minimum Gasteiger partial charge on any atom is -0.268 e. The molecule has 1 aliphatic carbocycles. The van der Waals surface area contributed by atoms with Crippen LogP contribution in [0.25, 0.3) is 15.9 Å². The normalized spacial score (nSPS) is 13.0. The molecule has 144 valence electrons. The predicted molar refractivity (Wildman–Crippen MR) is 110 cm³/mol. The molecule has 5 rings (SSSR count). The van der Waals surface area contributed by atoms with Gasteiger partial charge in [0.25, 0.3) is 5.56 Å². The van der Waals surface area contributed by atoms with E-state index in [9.17, 15) is 14.9 Å². The summed E-state index contributed by atoms with van der Waals surface area (Å²) in [5, 5.41) is 12.2. The van der Waals surface area contributed by atoms with Crippen LogP contribution >= 0.6 is 23.1 Å². The van der Waals surface area contributed by atoms with Gasteiger partial charge in [0.2, 0.25) is 0 Å². The third kappa shape index (κ3) is 3.10. The van der Waals surface area contributed by atoms with Gasteiger partial charge in [0.15, 0.2) is 10.3 Å². The average Bonchev–Trinajstić information content (AvgIpc) is 3.30. The maximum Gasteiger partial charge on any atom is 0.305 e. The molecule has 10 heteroatoms. The van der Waals surface area contributed by atoms with Crippen LogP contribution in [0.4, 0.5) is 5.69 Å². The van der Waals surface area contributed by atoms with E-state index in [2.05, 4.69) is 9.97 Å². The highest BCUT2D eigenvalue weighted by Crippen LogP contribution is 2.36. The van der Waals surface area contributed by atoms with Crippen LogP contribution in [0.15, 0.2) is 57.8 Å². The summed E-state index contributed by atoms with van der Waals surface area (Å²) < 4.78 is 1.57. The van der Waals surface area contributed by atoms with E-state index in [1.165, 1.54) is 4.88 Å². The molecule has 0 radical (unpaired) electrons. The van der Waals surface area contributed by atoms with Gasteiger partial charge in [0, 0.05) is 4.88 Å². The Labute approximate surface area is 172 Å². The van der Waals surface area contributed by atoms with Gasteiger partial charge in [-0.15, -0.1) is 11.3 Å². The number of nitrogens with zero attached hydrogens (tertiary/aromatic N) is 5. The molecular weight excluding hydrogens is 410 g/mol. The van der Waals surface area contributed by atoms with Crippen LogP contribution in [0.3, 0.4) is 0 Å². The molecule has 3 heterocycles. The summed E-state index contributed by atoms with van der Waals surface area (Å²) in [5.74, 6) is 0. The summed E-state index contributed by atoms with van der Waals surface area (Å²) in [5.41, 5.74) is 1.53. The number of aromatic nitrogens is 4. The number of hydrogen-bond donors (Lipinski definition) is 0. The van der Waals surface area contributed by atoms with Gasteiger partial charge in [-0.25, -0.2) is 15.0 Å². The monoisotopic (exact) mass is 423 g/mol. The molecule has 0 spiro atoms. The fourth-order valence-corrected chi connectivity index (χ4v) is 5.54. The summed E-state index contributed by atoms with van der Waals surface area (Å²) in [6.45, 7) is 0. The zero-order valence-electron chi connectivity index (χ0n) is 14.9. The fraction of sp³-hybridized carbons (Fsp3) is 0.158. The van der Waals surface area contributed by atoms with E-state index in [0.29, 0.717) is 16.2 Å². The van der Waals surface area contributed by atoms with E-state index in [0.717, 1.165) is 53.8 Å². The molecule has 3 aromatic heterocycles. The highest BCUT2D eigenvalue weighted by Gasteiger charge is 2.24. The fourth-order valence-electron chi connectivity index (χ4n) is 3.44. The quantitative estimate of drug-likeness (QED) is 0.279. The Balaban J connectivity index is 1.69. The van der Waals surface area contributed by atoms with Gasteiger partial charge < -0.3 is 0 Å². The third-order valence-corrected chi connectivity index (χ3v) is 6.77. The Morgan fingerprint density at radius 3 is 2.62 bits per heavy atom. The first-order chi connectivity index (χ1) is 14.1. The molecule has 1 aromatic carbocycles. The van der Waals surface area contributed by atoms with Gasteiger partial charge in [-0.2, -0.15) is 0 Å². The second-order valence-corrected chi connectivity index (χ2v) is 8.51. The van der Waals surface area contributed by atoms with E-state index < -0.39 is 4.92 Å². The van der Waals surface area contributed by atoms with Crippen LogP contribution in [0.2, 0.25) is 0 Å². The van der Waals surface area contributed by atoms with Gasteiger partial charge in [0.1, 0.15) is 17.2 Å². The Morgan fingerprint density at radius 1 is 1.14 bits per heavy atom. The highest BCUT2D eigenvalue weighted by atomic mass is 32.2. The standard InChI is InChI=1S/C19H13N5O3S2/c25-17-15-13-7-4-8-14(13)28-16(15)22-19(23(17)11-5-2-1-3-6-11)29-18-20-9-12(10-21-18)24(26)27/h1-3,5-6,9-10H,4,7-8H2. The lowest BCUT2D eigenvalue weighted by atomic mass is 10.2. The molecule has 29 heavy (non-hydrogen) atoms. The van der Waals surface area contributed by atoms with Crippen molar-refractivity contribution < 1.29 is 4.92 Å². The molecular formula is C19H13N5O3S2. The smallest absolute Gasteiger partial charge is 0.268 e. The van der Waals surface area contributed by atoms with E-state index in [1.807, 2.05) is 30.3 Å². The first-order valence-corrected chi connectivity index (χ1v) is 10.5. The summed E-state index contributed by atoms with van der Waals surface area (Å²) in [6.07, 6.45) is 5.25. The Morgan fingerprint density at radius 2 is 1.90 bits per heavy atom. The largest absolute Gasteiger partial charge is 0.305 e. The Bertz CT molecular complexity index is 1300. The average molecular weight is 423 g/mol. The first kappa shape index (κ1) is 18.0. The van der Waals surface area contributed by atoms with Gasteiger partial charge in [-0.3, -0.25) is 19.5 Å². The van der Waals surface area contributed by atoms with Gasteiger partial charge in [0.05, 0.1) is 16.0 Å². The van der Waals surface area contributed by atoms with E-state index in [1.54, 1.807) is 15.9 Å². The van der Waals surface area contributed by atoms with Crippen molar-refractivity contribution in [3.05, 3.63) is 73.6 Å². The molecule has 0 aliphatic heterocycles. The highest BCUT2D eigenvalue weighted by molar-refractivity contribution is 7.99. The summed E-state index contributed by atoms with van der Waals surface area (Å²) in [6, 6.07) is 9.31. The minimum atomic E-state index is -0.550. The summed E-state index contributed by atoms with van der Waals surface area (Å²) in [7, 11) is 0. The lowest BCUT2D eigenvalue weighted by molar-refractivity contribution is -0.385. The molecule has 0 unspecified atom stereocenters. The number of benzene rings is 1. The number of rotatable bonds is 4. The molecule has 0 saturated carbocycles. The van der Waals surface area contributed by atoms with Crippen LogP contribution in [-0.2, 0) is 12.8 Å². The van der Waals surface area contributed by atoms with E-state index >= 15 is 0 Å². The SMILES string of the molecule is O=c1c2c3c(sc2nc(Sc2ncc([N+](=O)[O-])cn2)n1-c1ccccc1)CCC3. The van der Waals surface area contributed by atoms with Gasteiger partial charge in [-0.1, -0.05) is 18.2 Å². The van der Waals surface area contributed by atoms with Crippen molar-refractivity contribution in [1.82, 2.24) is 19.5 Å². The second kappa shape index (κ2) is 7.05. The number of thiophene rings is 1. The Kier molecular flexibility index (Phi) is 4.36. The van der Waals surface area contributed by atoms with Crippen molar-refractivity contribution in [1.29, 1.82) is 0 Å². The van der Waals surface area contributed by atoms with Crippen molar-refractivity contribution in [3.63, 3.8) is 0 Å². The van der Waals surface area contributed by atoms with Gasteiger partial charge >= 0.3 is 5.69 Å². The number of nitro groups is 1. The van der Waals surface area contributed by atoms with Crippen LogP contribution in [-0.4, -0.2) is 24.4 Å². The van der Waals surface area contributed by atoms with Crippen LogP contribution < -0.4 is 5.56 Å². The zero-order chi connectivity index (χ0) is 20.0.